The number of carbonyl (C=O) groups is 2. The van der Waals surface area contributed by atoms with Gasteiger partial charge in [-0.25, -0.2) is 0 Å². The Morgan fingerprint density at radius 2 is 1.53 bits per heavy atom. The second-order valence-corrected chi connectivity index (χ2v) is 7.97. The zero-order chi connectivity index (χ0) is 24.2. The summed E-state index contributed by atoms with van der Waals surface area (Å²) in [5, 5.41) is 11.3. The van der Waals surface area contributed by atoms with Crippen LogP contribution in [0.3, 0.4) is 0 Å². The monoisotopic (exact) mass is 457 g/mol. The Morgan fingerprint density at radius 3 is 2.18 bits per heavy atom. The fourth-order valence-corrected chi connectivity index (χ4v) is 4.09. The third kappa shape index (κ3) is 4.39. The largest absolute Gasteiger partial charge is 0.507 e. The summed E-state index contributed by atoms with van der Waals surface area (Å²) < 4.78 is 11.1. The zero-order valence-electron chi connectivity index (χ0n) is 19.4. The lowest BCUT2D eigenvalue weighted by Gasteiger charge is -2.25. The van der Waals surface area contributed by atoms with Crippen molar-refractivity contribution in [2.45, 2.75) is 26.8 Å². The van der Waals surface area contributed by atoms with E-state index in [9.17, 15) is 14.7 Å². The molecule has 1 atom stereocenters. The molecule has 1 unspecified atom stereocenters. The predicted molar refractivity (Wildman–Crippen MR) is 131 cm³/mol. The summed E-state index contributed by atoms with van der Waals surface area (Å²) in [5.41, 5.74) is 2.73. The lowest BCUT2D eigenvalue weighted by atomic mass is 9.95. The first-order valence-corrected chi connectivity index (χ1v) is 11.3. The Labute approximate surface area is 199 Å². The highest BCUT2D eigenvalue weighted by Gasteiger charge is 2.47. The van der Waals surface area contributed by atoms with Gasteiger partial charge in [-0.05, 0) is 62.7 Å². The third-order valence-corrected chi connectivity index (χ3v) is 5.68. The van der Waals surface area contributed by atoms with Gasteiger partial charge in [0.2, 0.25) is 0 Å². The number of ketones is 1. The van der Waals surface area contributed by atoms with Gasteiger partial charge in [0.25, 0.3) is 11.7 Å². The van der Waals surface area contributed by atoms with Gasteiger partial charge in [0.05, 0.1) is 24.8 Å². The number of aliphatic hydroxyl groups is 1. The van der Waals surface area contributed by atoms with Gasteiger partial charge in [-0.3, -0.25) is 14.5 Å². The molecular weight excluding hydrogens is 430 g/mol. The molecule has 1 fully saturated rings. The number of carbonyl (C=O) groups excluding carboxylic acids is 2. The summed E-state index contributed by atoms with van der Waals surface area (Å²) in [4.78, 5) is 28.0. The first-order chi connectivity index (χ1) is 16.4. The second kappa shape index (κ2) is 9.83. The molecule has 0 radical (unpaired) electrons. The number of aryl methyl sites for hydroxylation is 1. The molecule has 34 heavy (non-hydrogen) atoms. The number of benzene rings is 3. The quantitative estimate of drug-likeness (QED) is 0.291. The molecule has 0 saturated carbocycles. The van der Waals surface area contributed by atoms with E-state index in [0.29, 0.717) is 41.5 Å². The molecule has 0 spiro atoms. The topological polar surface area (TPSA) is 76.1 Å². The molecule has 3 aromatic rings. The summed E-state index contributed by atoms with van der Waals surface area (Å²) >= 11 is 0. The van der Waals surface area contributed by atoms with Gasteiger partial charge in [0.1, 0.15) is 17.3 Å². The van der Waals surface area contributed by atoms with Gasteiger partial charge in [-0.15, -0.1) is 0 Å². The number of hydrogen-bond acceptors (Lipinski definition) is 5. The molecule has 0 bridgehead atoms. The SMILES string of the molecule is CCOc1ccc(C2/C(=C(/O)c3cccc(OCC)c3)C(=O)C(=O)N2c2ccc(C)cc2)cc1. The van der Waals surface area contributed by atoms with Crippen LogP contribution >= 0.6 is 0 Å². The Bertz CT molecular complexity index is 1230. The van der Waals surface area contributed by atoms with Crippen molar-refractivity contribution in [2.75, 3.05) is 18.1 Å². The van der Waals surface area contributed by atoms with Crippen LogP contribution in [-0.2, 0) is 9.59 Å². The molecule has 4 rings (SSSR count). The first-order valence-electron chi connectivity index (χ1n) is 11.3. The highest BCUT2D eigenvalue weighted by atomic mass is 16.5. The molecule has 0 aromatic heterocycles. The fraction of sp³-hybridized carbons (Fsp3) is 0.214. The molecule has 0 aliphatic carbocycles. The summed E-state index contributed by atoms with van der Waals surface area (Å²) in [6, 6.07) is 20.7. The van der Waals surface area contributed by atoms with E-state index in [0.717, 1.165) is 5.56 Å². The number of hydrogen-bond donors (Lipinski definition) is 1. The van der Waals surface area contributed by atoms with Gasteiger partial charge in [-0.1, -0.05) is 42.0 Å². The Hall–Kier alpha value is -4.06. The fourth-order valence-electron chi connectivity index (χ4n) is 4.09. The smallest absolute Gasteiger partial charge is 0.300 e. The van der Waals surface area contributed by atoms with Gasteiger partial charge < -0.3 is 14.6 Å². The standard InChI is InChI=1S/C28H27NO5/c1-4-33-22-15-11-19(12-16-22)25-24(26(30)20-7-6-8-23(17-20)34-5-2)27(31)28(32)29(25)21-13-9-18(3)10-14-21/h6-17,25,30H,4-5H2,1-3H3/b26-24-. The van der Waals surface area contributed by atoms with E-state index in [-0.39, 0.29) is 11.3 Å². The molecule has 1 aliphatic heterocycles. The van der Waals surface area contributed by atoms with Crippen molar-refractivity contribution in [3.8, 4) is 11.5 Å². The Balaban J connectivity index is 1.88. The van der Waals surface area contributed by atoms with E-state index in [1.54, 1.807) is 48.5 Å². The maximum absolute atomic E-state index is 13.3. The molecule has 6 nitrogen and oxygen atoms in total. The average Bonchev–Trinajstić information content (AvgIpc) is 3.11. The van der Waals surface area contributed by atoms with Crippen LogP contribution in [0, 0.1) is 6.92 Å². The van der Waals surface area contributed by atoms with Crippen molar-refractivity contribution in [3.63, 3.8) is 0 Å². The number of nitrogens with zero attached hydrogens (tertiary/aromatic N) is 1. The number of rotatable bonds is 7. The van der Waals surface area contributed by atoms with Crippen LogP contribution in [0.4, 0.5) is 5.69 Å². The molecule has 174 valence electrons. The Kier molecular flexibility index (Phi) is 6.68. The van der Waals surface area contributed by atoms with E-state index < -0.39 is 17.7 Å². The van der Waals surface area contributed by atoms with Crippen LogP contribution in [0.1, 0.15) is 36.6 Å². The van der Waals surface area contributed by atoms with E-state index in [2.05, 4.69) is 0 Å². The molecule has 6 heteroatoms. The molecule has 1 heterocycles. The van der Waals surface area contributed by atoms with Crippen molar-refractivity contribution in [3.05, 3.63) is 95.1 Å². The number of aliphatic hydroxyl groups excluding tert-OH is 1. The van der Waals surface area contributed by atoms with Crippen LogP contribution in [0.25, 0.3) is 5.76 Å². The summed E-state index contributed by atoms with van der Waals surface area (Å²) in [5.74, 6) is -0.419. The normalized spacial score (nSPS) is 17.1. The zero-order valence-corrected chi connectivity index (χ0v) is 19.4. The maximum Gasteiger partial charge on any atom is 0.300 e. The minimum atomic E-state index is -0.797. The van der Waals surface area contributed by atoms with Crippen molar-refractivity contribution in [1.29, 1.82) is 0 Å². The number of ether oxygens (including phenoxy) is 2. The first kappa shape index (κ1) is 23.1. The number of amides is 1. The van der Waals surface area contributed by atoms with E-state index in [4.69, 9.17) is 9.47 Å². The van der Waals surface area contributed by atoms with Crippen molar-refractivity contribution >= 4 is 23.1 Å². The lowest BCUT2D eigenvalue weighted by molar-refractivity contribution is -0.132. The summed E-state index contributed by atoms with van der Waals surface area (Å²) in [6.45, 7) is 6.71. The minimum absolute atomic E-state index is 0.0309. The highest BCUT2D eigenvalue weighted by molar-refractivity contribution is 6.51. The summed E-state index contributed by atoms with van der Waals surface area (Å²) in [7, 11) is 0. The van der Waals surface area contributed by atoms with Crippen LogP contribution in [0.15, 0.2) is 78.4 Å². The van der Waals surface area contributed by atoms with Crippen molar-refractivity contribution < 1.29 is 24.2 Å². The Morgan fingerprint density at radius 1 is 0.882 bits per heavy atom. The van der Waals surface area contributed by atoms with E-state index in [1.807, 2.05) is 45.0 Å². The predicted octanol–water partition coefficient (Wildman–Crippen LogP) is 5.42. The number of Topliss-reactive ketones (excluding diaryl/α,β-unsaturated/α-hetero) is 1. The van der Waals surface area contributed by atoms with Crippen LogP contribution in [0.2, 0.25) is 0 Å². The highest BCUT2D eigenvalue weighted by Crippen LogP contribution is 2.42. The molecule has 1 amide bonds. The van der Waals surface area contributed by atoms with Crippen LogP contribution < -0.4 is 14.4 Å². The summed E-state index contributed by atoms with van der Waals surface area (Å²) in [6.07, 6.45) is 0. The van der Waals surface area contributed by atoms with E-state index >= 15 is 0 Å². The maximum atomic E-state index is 13.3. The third-order valence-electron chi connectivity index (χ3n) is 5.68. The molecule has 1 N–H and O–H groups in total. The van der Waals surface area contributed by atoms with Crippen LogP contribution in [-0.4, -0.2) is 30.0 Å². The van der Waals surface area contributed by atoms with Gasteiger partial charge >= 0.3 is 0 Å². The van der Waals surface area contributed by atoms with Crippen molar-refractivity contribution in [1.82, 2.24) is 0 Å². The molecule has 1 saturated heterocycles. The second-order valence-electron chi connectivity index (χ2n) is 7.97. The molecular formula is C28H27NO5. The lowest BCUT2D eigenvalue weighted by Crippen LogP contribution is -2.29. The van der Waals surface area contributed by atoms with E-state index in [1.165, 1.54) is 4.90 Å². The average molecular weight is 458 g/mol. The van der Waals surface area contributed by atoms with Gasteiger partial charge in [0.15, 0.2) is 0 Å². The molecule has 1 aliphatic rings. The van der Waals surface area contributed by atoms with Gasteiger partial charge in [-0.2, -0.15) is 0 Å². The molecule has 3 aromatic carbocycles. The minimum Gasteiger partial charge on any atom is -0.507 e. The van der Waals surface area contributed by atoms with Crippen molar-refractivity contribution in [2.24, 2.45) is 0 Å². The van der Waals surface area contributed by atoms with Gasteiger partial charge in [0, 0.05) is 11.3 Å². The van der Waals surface area contributed by atoms with Crippen LogP contribution in [0.5, 0.6) is 11.5 Å². The number of anilines is 1.